The summed E-state index contributed by atoms with van der Waals surface area (Å²) in [6.07, 6.45) is 1.66. The molecule has 6 heteroatoms. The highest BCUT2D eigenvalue weighted by Gasteiger charge is 2.18. The maximum Gasteiger partial charge on any atom is 0.134 e. The second-order valence-electron chi connectivity index (χ2n) is 4.87. The summed E-state index contributed by atoms with van der Waals surface area (Å²) >= 11 is 0. The molecule has 0 aromatic carbocycles. The van der Waals surface area contributed by atoms with E-state index in [1.54, 1.807) is 6.33 Å². The molecular formula is C13H24N6. The van der Waals surface area contributed by atoms with Crippen molar-refractivity contribution in [1.82, 2.24) is 14.9 Å². The van der Waals surface area contributed by atoms with E-state index in [9.17, 15) is 0 Å². The average molecular weight is 264 g/mol. The van der Waals surface area contributed by atoms with Crippen LogP contribution in [0.3, 0.4) is 0 Å². The predicted octanol–water partition coefficient (Wildman–Crippen LogP) is 0.0134. The van der Waals surface area contributed by atoms with Crippen LogP contribution >= 0.6 is 0 Å². The molecule has 1 fully saturated rings. The Bertz CT molecular complexity index is 388. The lowest BCUT2D eigenvalue weighted by Crippen LogP contribution is -2.48. The maximum atomic E-state index is 5.59. The Morgan fingerprint density at radius 1 is 1.26 bits per heavy atom. The lowest BCUT2D eigenvalue weighted by Gasteiger charge is -2.35. The third-order valence-electron chi connectivity index (χ3n) is 3.65. The van der Waals surface area contributed by atoms with Crippen LogP contribution in [-0.2, 0) is 0 Å². The highest BCUT2D eigenvalue weighted by atomic mass is 15.3. The Morgan fingerprint density at radius 3 is 2.63 bits per heavy atom. The Kier molecular flexibility index (Phi) is 4.93. The van der Waals surface area contributed by atoms with Gasteiger partial charge in [-0.15, -0.1) is 0 Å². The summed E-state index contributed by atoms with van der Waals surface area (Å²) in [5, 5.41) is 0. The molecule has 0 bridgehead atoms. The number of aromatic nitrogens is 2. The lowest BCUT2D eigenvalue weighted by atomic mass is 10.3. The summed E-state index contributed by atoms with van der Waals surface area (Å²) in [4.78, 5) is 15.5. The van der Waals surface area contributed by atoms with Gasteiger partial charge in [0.25, 0.3) is 0 Å². The van der Waals surface area contributed by atoms with E-state index in [0.717, 1.165) is 57.4 Å². The summed E-state index contributed by atoms with van der Waals surface area (Å²) < 4.78 is 0. The van der Waals surface area contributed by atoms with Crippen molar-refractivity contribution in [3.05, 3.63) is 12.4 Å². The SMILES string of the molecule is CCN(C)c1cc(N2CCN(CCN)CC2)ncn1. The van der Waals surface area contributed by atoms with Gasteiger partial charge in [-0.1, -0.05) is 0 Å². The van der Waals surface area contributed by atoms with Gasteiger partial charge in [-0.3, -0.25) is 4.90 Å². The van der Waals surface area contributed by atoms with Gasteiger partial charge < -0.3 is 15.5 Å². The van der Waals surface area contributed by atoms with Crippen molar-refractivity contribution in [1.29, 1.82) is 0 Å². The van der Waals surface area contributed by atoms with Crippen LogP contribution in [0.2, 0.25) is 0 Å². The summed E-state index contributed by atoms with van der Waals surface area (Å²) in [7, 11) is 2.05. The minimum absolute atomic E-state index is 0.735. The normalized spacial score (nSPS) is 16.7. The first-order chi connectivity index (χ1) is 9.24. The first kappa shape index (κ1) is 14.0. The fraction of sp³-hybridized carbons (Fsp3) is 0.692. The molecule has 0 atom stereocenters. The minimum Gasteiger partial charge on any atom is -0.360 e. The number of rotatable bonds is 5. The molecular weight excluding hydrogens is 240 g/mol. The van der Waals surface area contributed by atoms with Crippen LogP contribution in [0.15, 0.2) is 12.4 Å². The molecule has 106 valence electrons. The van der Waals surface area contributed by atoms with E-state index in [0.29, 0.717) is 0 Å². The third-order valence-corrected chi connectivity index (χ3v) is 3.65. The van der Waals surface area contributed by atoms with Gasteiger partial charge in [0.2, 0.25) is 0 Å². The molecule has 2 N–H and O–H groups in total. The smallest absolute Gasteiger partial charge is 0.134 e. The van der Waals surface area contributed by atoms with Crippen molar-refractivity contribution in [3.8, 4) is 0 Å². The molecule has 6 nitrogen and oxygen atoms in total. The van der Waals surface area contributed by atoms with Gasteiger partial charge >= 0.3 is 0 Å². The van der Waals surface area contributed by atoms with Crippen molar-refractivity contribution in [2.75, 3.05) is 62.7 Å². The average Bonchev–Trinajstić information content (AvgIpc) is 2.48. The lowest BCUT2D eigenvalue weighted by molar-refractivity contribution is 0.264. The molecule has 0 radical (unpaired) electrons. The van der Waals surface area contributed by atoms with Gasteiger partial charge in [0.15, 0.2) is 0 Å². The van der Waals surface area contributed by atoms with E-state index in [-0.39, 0.29) is 0 Å². The summed E-state index contributed by atoms with van der Waals surface area (Å²) in [6, 6.07) is 2.07. The third kappa shape index (κ3) is 3.54. The predicted molar refractivity (Wildman–Crippen MR) is 78.7 cm³/mol. The fourth-order valence-electron chi connectivity index (χ4n) is 2.26. The van der Waals surface area contributed by atoms with E-state index >= 15 is 0 Å². The van der Waals surface area contributed by atoms with Crippen molar-refractivity contribution >= 4 is 11.6 Å². The largest absolute Gasteiger partial charge is 0.360 e. The number of piperazine rings is 1. The number of nitrogens with zero attached hydrogens (tertiary/aromatic N) is 5. The molecule has 1 aromatic heterocycles. The highest BCUT2D eigenvalue weighted by Crippen LogP contribution is 2.17. The summed E-state index contributed by atoms with van der Waals surface area (Å²) in [5.74, 6) is 2.01. The monoisotopic (exact) mass is 264 g/mol. The second-order valence-corrected chi connectivity index (χ2v) is 4.87. The molecule has 2 heterocycles. The van der Waals surface area contributed by atoms with E-state index in [4.69, 9.17) is 5.73 Å². The van der Waals surface area contributed by atoms with Gasteiger partial charge in [0.1, 0.15) is 18.0 Å². The summed E-state index contributed by atoms with van der Waals surface area (Å²) in [6.45, 7) is 8.91. The van der Waals surface area contributed by atoms with Crippen LogP contribution in [-0.4, -0.2) is 67.7 Å². The Morgan fingerprint density at radius 2 is 2.00 bits per heavy atom. The minimum atomic E-state index is 0.735. The molecule has 1 aliphatic heterocycles. The van der Waals surface area contributed by atoms with E-state index in [1.807, 2.05) is 7.05 Å². The number of hydrogen-bond acceptors (Lipinski definition) is 6. The van der Waals surface area contributed by atoms with Crippen LogP contribution in [0.5, 0.6) is 0 Å². The molecule has 1 aliphatic rings. The van der Waals surface area contributed by atoms with Gasteiger partial charge in [-0.25, -0.2) is 9.97 Å². The first-order valence-electron chi connectivity index (χ1n) is 6.95. The molecule has 0 saturated carbocycles. The van der Waals surface area contributed by atoms with Gasteiger partial charge in [-0.2, -0.15) is 0 Å². The van der Waals surface area contributed by atoms with Crippen molar-refractivity contribution < 1.29 is 0 Å². The molecule has 0 aliphatic carbocycles. The van der Waals surface area contributed by atoms with Crippen molar-refractivity contribution in [3.63, 3.8) is 0 Å². The number of anilines is 2. The second kappa shape index (κ2) is 6.68. The highest BCUT2D eigenvalue weighted by molar-refractivity contribution is 5.49. The standard InChI is InChI=1S/C13H24N6/c1-3-17(2)12-10-13(16-11-15-12)19-8-6-18(5-4-14)7-9-19/h10-11H,3-9,14H2,1-2H3. The van der Waals surface area contributed by atoms with Gasteiger partial charge in [-0.05, 0) is 6.92 Å². The van der Waals surface area contributed by atoms with Gasteiger partial charge in [0.05, 0.1) is 0 Å². The van der Waals surface area contributed by atoms with Crippen LogP contribution in [0, 0.1) is 0 Å². The molecule has 0 spiro atoms. The summed E-state index contributed by atoms with van der Waals surface area (Å²) in [5.41, 5.74) is 5.59. The zero-order valence-corrected chi connectivity index (χ0v) is 11.9. The molecule has 0 amide bonds. The topological polar surface area (TPSA) is 61.5 Å². The molecule has 0 unspecified atom stereocenters. The van der Waals surface area contributed by atoms with E-state index in [2.05, 4.69) is 37.7 Å². The van der Waals surface area contributed by atoms with Crippen LogP contribution < -0.4 is 15.5 Å². The first-order valence-corrected chi connectivity index (χ1v) is 6.95. The van der Waals surface area contributed by atoms with Crippen LogP contribution in [0.4, 0.5) is 11.6 Å². The van der Waals surface area contributed by atoms with E-state index < -0.39 is 0 Å². The number of hydrogen-bond donors (Lipinski definition) is 1. The number of nitrogens with two attached hydrogens (primary N) is 1. The maximum absolute atomic E-state index is 5.59. The van der Waals surface area contributed by atoms with E-state index in [1.165, 1.54) is 0 Å². The Labute approximate surface area is 115 Å². The zero-order valence-electron chi connectivity index (χ0n) is 11.9. The van der Waals surface area contributed by atoms with Crippen molar-refractivity contribution in [2.24, 2.45) is 5.73 Å². The quantitative estimate of drug-likeness (QED) is 0.808. The Hall–Kier alpha value is -1.40. The van der Waals surface area contributed by atoms with Crippen LogP contribution in [0.1, 0.15) is 6.92 Å². The molecule has 1 aromatic rings. The van der Waals surface area contributed by atoms with Crippen LogP contribution in [0.25, 0.3) is 0 Å². The molecule has 1 saturated heterocycles. The fourth-order valence-corrected chi connectivity index (χ4v) is 2.26. The van der Waals surface area contributed by atoms with Gasteiger partial charge in [0, 0.05) is 58.9 Å². The zero-order chi connectivity index (χ0) is 13.7. The molecule has 2 rings (SSSR count). The Balaban J connectivity index is 1.99. The van der Waals surface area contributed by atoms with Crippen molar-refractivity contribution in [2.45, 2.75) is 6.92 Å². The molecule has 19 heavy (non-hydrogen) atoms.